The SMILES string of the molecule is Cc1c(Cl)cccc1N1CCC(c2cccc(C(=O)O)c2F)C1. The molecule has 1 N–H and O–H groups in total. The van der Waals surface area contributed by atoms with E-state index in [1.54, 1.807) is 12.1 Å². The van der Waals surface area contributed by atoms with Gasteiger partial charge in [-0.3, -0.25) is 0 Å². The first-order chi connectivity index (χ1) is 11.0. The molecule has 1 atom stereocenters. The van der Waals surface area contributed by atoms with Gasteiger partial charge in [-0.15, -0.1) is 0 Å². The lowest BCUT2D eigenvalue weighted by molar-refractivity contribution is 0.0691. The van der Waals surface area contributed by atoms with Gasteiger partial charge in [0.05, 0.1) is 5.56 Å². The maximum absolute atomic E-state index is 14.4. The predicted molar refractivity (Wildman–Crippen MR) is 89.1 cm³/mol. The van der Waals surface area contributed by atoms with E-state index in [0.29, 0.717) is 17.1 Å². The molecule has 0 radical (unpaired) electrons. The normalized spacial score (nSPS) is 17.5. The monoisotopic (exact) mass is 333 g/mol. The molecule has 3 nitrogen and oxygen atoms in total. The fraction of sp³-hybridized carbons (Fsp3) is 0.278. The summed E-state index contributed by atoms with van der Waals surface area (Å²) in [4.78, 5) is 13.3. The number of hydrogen-bond donors (Lipinski definition) is 1. The van der Waals surface area contributed by atoms with Gasteiger partial charge in [0.1, 0.15) is 5.82 Å². The van der Waals surface area contributed by atoms with Crippen LogP contribution in [0.3, 0.4) is 0 Å². The molecule has 0 saturated carbocycles. The highest BCUT2D eigenvalue weighted by atomic mass is 35.5. The first kappa shape index (κ1) is 15.8. The molecule has 120 valence electrons. The number of anilines is 1. The van der Waals surface area contributed by atoms with Gasteiger partial charge in [0.15, 0.2) is 0 Å². The van der Waals surface area contributed by atoms with E-state index in [1.807, 2.05) is 25.1 Å². The van der Waals surface area contributed by atoms with Crippen molar-refractivity contribution < 1.29 is 14.3 Å². The van der Waals surface area contributed by atoms with Crippen molar-refractivity contribution in [3.8, 4) is 0 Å². The predicted octanol–water partition coefficient (Wildman–Crippen LogP) is 4.48. The van der Waals surface area contributed by atoms with Crippen LogP contribution in [0.4, 0.5) is 10.1 Å². The van der Waals surface area contributed by atoms with Crippen LogP contribution in [-0.4, -0.2) is 24.2 Å². The van der Waals surface area contributed by atoms with Gasteiger partial charge in [-0.25, -0.2) is 9.18 Å². The highest BCUT2D eigenvalue weighted by Gasteiger charge is 2.28. The largest absolute Gasteiger partial charge is 0.478 e. The molecule has 1 fully saturated rings. The third-order valence-corrected chi connectivity index (χ3v) is 4.88. The number of hydrogen-bond acceptors (Lipinski definition) is 2. The van der Waals surface area contributed by atoms with Crippen molar-refractivity contribution in [1.29, 1.82) is 0 Å². The topological polar surface area (TPSA) is 40.5 Å². The zero-order valence-corrected chi connectivity index (χ0v) is 13.5. The second-order valence-electron chi connectivity index (χ2n) is 5.83. The van der Waals surface area contributed by atoms with Crippen molar-refractivity contribution in [2.75, 3.05) is 18.0 Å². The van der Waals surface area contributed by atoms with E-state index in [9.17, 15) is 9.18 Å². The number of carboxylic acids is 1. The van der Waals surface area contributed by atoms with E-state index in [1.165, 1.54) is 6.07 Å². The van der Waals surface area contributed by atoms with E-state index in [2.05, 4.69) is 4.90 Å². The third-order valence-electron chi connectivity index (χ3n) is 4.47. The van der Waals surface area contributed by atoms with E-state index in [0.717, 1.165) is 24.2 Å². The molecule has 1 unspecified atom stereocenters. The first-order valence-corrected chi connectivity index (χ1v) is 7.88. The van der Waals surface area contributed by atoms with Gasteiger partial charge in [-0.1, -0.05) is 29.8 Å². The number of aromatic carboxylic acids is 1. The third kappa shape index (κ3) is 2.91. The minimum absolute atomic E-state index is 0.0207. The first-order valence-electron chi connectivity index (χ1n) is 7.50. The van der Waals surface area contributed by atoms with Crippen LogP contribution in [0.1, 0.15) is 33.8 Å². The van der Waals surface area contributed by atoms with Gasteiger partial charge in [0.25, 0.3) is 0 Å². The molecule has 0 aliphatic carbocycles. The van der Waals surface area contributed by atoms with Crippen molar-refractivity contribution in [2.24, 2.45) is 0 Å². The lowest BCUT2D eigenvalue weighted by Crippen LogP contribution is -2.20. The van der Waals surface area contributed by atoms with Gasteiger partial charge >= 0.3 is 5.97 Å². The molecular formula is C18H17ClFNO2. The van der Waals surface area contributed by atoms with Crippen molar-refractivity contribution in [3.63, 3.8) is 0 Å². The van der Waals surface area contributed by atoms with E-state index >= 15 is 0 Å². The molecule has 0 aromatic heterocycles. The molecule has 0 spiro atoms. The Kier molecular flexibility index (Phi) is 4.26. The Morgan fingerprint density at radius 2 is 2.04 bits per heavy atom. The molecule has 1 heterocycles. The number of carboxylic acid groups (broad SMARTS) is 1. The maximum Gasteiger partial charge on any atom is 0.338 e. The summed E-state index contributed by atoms with van der Waals surface area (Å²) in [6, 6.07) is 10.4. The number of rotatable bonds is 3. The smallest absolute Gasteiger partial charge is 0.338 e. The van der Waals surface area contributed by atoms with Gasteiger partial charge in [0.2, 0.25) is 0 Å². The zero-order valence-electron chi connectivity index (χ0n) is 12.7. The van der Waals surface area contributed by atoms with Crippen LogP contribution in [0.5, 0.6) is 0 Å². The second kappa shape index (κ2) is 6.20. The maximum atomic E-state index is 14.4. The highest BCUT2D eigenvalue weighted by Crippen LogP contribution is 2.35. The molecule has 3 rings (SSSR count). The summed E-state index contributed by atoms with van der Waals surface area (Å²) in [6.45, 7) is 3.42. The van der Waals surface area contributed by atoms with Gasteiger partial charge in [0, 0.05) is 29.7 Å². The van der Waals surface area contributed by atoms with Crippen molar-refractivity contribution >= 4 is 23.3 Å². The fourth-order valence-electron chi connectivity index (χ4n) is 3.20. The van der Waals surface area contributed by atoms with E-state index in [-0.39, 0.29) is 11.5 Å². The Bertz CT molecular complexity index is 763. The lowest BCUT2D eigenvalue weighted by atomic mass is 9.95. The Morgan fingerprint density at radius 1 is 1.30 bits per heavy atom. The molecule has 0 amide bonds. The van der Waals surface area contributed by atoms with Crippen molar-refractivity contribution in [3.05, 3.63) is 63.9 Å². The number of benzene rings is 2. The standard InChI is InChI=1S/C18H17ClFNO2/c1-11-15(19)6-3-7-16(11)21-9-8-12(10-21)13-4-2-5-14(17(13)20)18(22)23/h2-7,12H,8-10H2,1H3,(H,22,23). The molecule has 0 bridgehead atoms. The number of carbonyl (C=O) groups is 1. The minimum atomic E-state index is -1.23. The highest BCUT2D eigenvalue weighted by molar-refractivity contribution is 6.31. The van der Waals surface area contributed by atoms with Crippen LogP contribution < -0.4 is 4.90 Å². The van der Waals surface area contributed by atoms with Crippen molar-refractivity contribution in [2.45, 2.75) is 19.3 Å². The van der Waals surface area contributed by atoms with Gasteiger partial charge in [-0.05, 0) is 42.7 Å². The molecular weight excluding hydrogens is 317 g/mol. The van der Waals surface area contributed by atoms with E-state index < -0.39 is 11.8 Å². The summed E-state index contributed by atoms with van der Waals surface area (Å²) in [5.41, 5.74) is 2.27. The summed E-state index contributed by atoms with van der Waals surface area (Å²) in [6.07, 6.45) is 0.784. The van der Waals surface area contributed by atoms with Crippen LogP contribution in [0.15, 0.2) is 36.4 Å². The Morgan fingerprint density at radius 3 is 2.78 bits per heavy atom. The van der Waals surface area contributed by atoms with Crippen LogP contribution in [0, 0.1) is 12.7 Å². The number of nitrogens with zero attached hydrogens (tertiary/aromatic N) is 1. The molecule has 1 saturated heterocycles. The van der Waals surface area contributed by atoms with Crippen LogP contribution in [-0.2, 0) is 0 Å². The van der Waals surface area contributed by atoms with Gasteiger partial charge in [-0.2, -0.15) is 0 Å². The van der Waals surface area contributed by atoms with Crippen LogP contribution in [0.2, 0.25) is 5.02 Å². The zero-order chi connectivity index (χ0) is 16.6. The summed E-state index contributed by atoms with van der Waals surface area (Å²) in [5, 5.41) is 9.78. The molecule has 23 heavy (non-hydrogen) atoms. The fourth-order valence-corrected chi connectivity index (χ4v) is 3.37. The van der Waals surface area contributed by atoms with Gasteiger partial charge < -0.3 is 10.0 Å². The molecule has 2 aromatic rings. The van der Waals surface area contributed by atoms with E-state index in [4.69, 9.17) is 16.7 Å². The lowest BCUT2D eigenvalue weighted by Gasteiger charge is -2.22. The minimum Gasteiger partial charge on any atom is -0.478 e. The Balaban J connectivity index is 1.87. The summed E-state index contributed by atoms with van der Waals surface area (Å²) >= 11 is 6.17. The molecule has 2 aromatic carbocycles. The quantitative estimate of drug-likeness (QED) is 0.900. The average Bonchev–Trinajstić information content (AvgIpc) is 2.99. The Labute approximate surface area is 139 Å². The summed E-state index contributed by atoms with van der Waals surface area (Å²) in [7, 11) is 0. The Hall–Kier alpha value is -2.07. The summed E-state index contributed by atoms with van der Waals surface area (Å²) < 4.78 is 14.4. The van der Waals surface area contributed by atoms with Crippen LogP contribution >= 0.6 is 11.6 Å². The number of halogens is 2. The molecule has 1 aliphatic rings. The average molecular weight is 334 g/mol. The summed E-state index contributed by atoms with van der Waals surface area (Å²) in [5.74, 6) is -1.87. The van der Waals surface area contributed by atoms with Crippen LogP contribution in [0.25, 0.3) is 0 Å². The molecule has 1 aliphatic heterocycles. The van der Waals surface area contributed by atoms with Crippen molar-refractivity contribution in [1.82, 2.24) is 0 Å². The molecule has 5 heteroatoms. The second-order valence-corrected chi connectivity index (χ2v) is 6.24.